The van der Waals surface area contributed by atoms with E-state index in [1.54, 1.807) is 13.3 Å². The van der Waals surface area contributed by atoms with Gasteiger partial charge < -0.3 is 19.8 Å². The fourth-order valence-corrected chi connectivity index (χ4v) is 2.01. The quantitative estimate of drug-likeness (QED) is 0.838. The molecule has 108 valence electrons. The molecule has 0 amide bonds. The van der Waals surface area contributed by atoms with E-state index < -0.39 is 0 Å². The lowest BCUT2D eigenvalue weighted by molar-refractivity contribution is 0.278. The van der Waals surface area contributed by atoms with Crippen molar-refractivity contribution in [1.82, 2.24) is 9.55 Å². The van der Waals surface area contributed by atoms with Gasteiger partial charge in [0.05, 0.1) is 13.7 Å². The molecule has 0 fully saturated rings. The molecule has 0 bridgehead atoms. The van der Waals surface area contributed by atoms with Crippen LogP contribution in [-0.2, 0) is 13.0 Å². The largest absolute Gasteiger partial charge is 0.493 e. The number of nitrogens with two attached hydrogens (primary N) is 1. The van der Waals surface area contributed by atoms with Gasteiger partial charge in [-0.25, -0.2) is 4.98 Å². The third-order valence-corrected chi connectivity index (χ3v) is 2.97. The lowest BCUT2D eigenvalue weighted by Crippen LogP contribution is -2.21. The molecular weight excluding hydrogens is 254 g/mol. The van der Waals surface area contributed by atoms with E-state index in [1.807, 2.05) is 37.4 Å². The van der Waals surface area contributed by atoms with Crippen LogP contribution in [0.1, 0.15) is 12.7 Å². The molecule has 20 heavy (non-hydrogen) atoms. The van der Waals surface area contributed by atoms with E-state index in [-0.39, 0.29) is 6.04 Å². The number of hydrogen-bond donors (Lipinski definition) is 1. The summed E-state index contributed by atoms with van der Waals surface area (Å²) in [7, 11) is 1.64. The summed E-state index contributed by atoms with van der Waals surface area (Å²) in [5.41, 5.74) is 5.81. The number of rotatable bonds is 7. The summed E-state index contributed by atoms with van der Waals surface area (Å²) in [6, 6.07) is 7.73. The Labute approximate surface area is 119 Å². The van der Waals surface area contributed by atoms with Crippen molar-refractivity contribution < 1.29 is 9.47 Å². The lowest BCUT2D eigenvalue weighted by atomic mass is 10.2. The zero-order valence-electron chi connectivity index (χ0n) is 12.0. The summed E-state index contributed by atoms with van der Waals surface area (Å²) < 4.78 is 13.1. The number of nitrogens with zero attached hydrogens (tertiary/aromatic N) is 2. The minimum atomic E-state index is 0.103. The van der Waals surface area contributed by atoms with Crippen molar-refractivity contribution in [3.05, 3.63) is 42.5 Å². The second-order valence-electron chi connectivity index (χ2n) is 4.72. The fraction of sp³-hybridized carbons (Fsp3) is 0.400. The van der Waals surface area contributed by atoms with Gasteiger partial charge >= 0.3 is 0 Å². The highest BCUT2D eigenvalue weighted by Gasteiger charge is 2.06. The van der Waals surface area contributed by atoms with Crippen LogP contribution in [0.25, 0.3) is 0 Å². The van der Waals surface area contributed by atoms with Crippen molar-refractivity contribution >= 4 is 0 Å². The van der Waals surface area contributed by atoms with Crippen molar-refractivity contribution in [2.24, 2.45) is 5.73 Å². The highest BCUT2D eigenvalue weighted by molar-refractivity contribution is 5.39. The van der Waals surface area contributed by atoms with E-state index in [4.69, 9.17) is 15.2 Å². The monoisotopic (exact) mass is 275 g/mol. The van der Waals surface area contributed by atoms with Crippen molar-refractivity contribution in [3.63, 3.8) is 0 Å². The molecule has 1 heterocycles. The summed E-state index contributed by atoms with van der Waals surface area (Å²) in [6.45, 7) is 3.27. The second-order valence-corrected chi connectivity index (χ2v) is 4.72. The maximum Gasteiger partial charge on any atom is 0.161 e. The molecule has 5 heteroatoms. The number of para-hydroxylation sites is 2. The molecule has 0 aliphatic carbocycles. The molecule has 0 saturated carbocycles. The van der Waals surface area contributed by atoms with Crippen LogP contribution in [0.2, 0.25) is 0 Å². The standard InChI is InChI=1S/C15H21N3O2/c1-12(16)11-15-17-7-8-18(15)9-10-20-14-6-4-3-5-13(14)19-2/h3-8,12H,9-11,16H2,1-2H3. The van der Waals surface area contributed by atoms with Gasteiger partial charge in [-0.15, -0.1) is 0 Å². The Morgan fingerprint density at radius 3 is 2.75 bits per heavy atom. The van der Waals surface area contributed by atoms with Crippen molar-refractivity contribution in [1.29, 1.82) is 0 Å². The second kappa shape index (κ2) is 6.96. The molecule has 1 aromatic carbocycles. The first kappa shape index (κ1) is 14.4. The van der Waals surface area contributed by atoms with Crippen molar-refractivity contribution in [2.45, 2.75) is 25.9 Å². The molecule has 5 nitrogen and oxygen atoms in total. The minimum Gasteiger partial charge on any atom is -0.493 e. The highest BCUT2D eigenvalue weighted by atomic mass is 16.5. The number of benzene rings is 1. The lowest BCUT2D eigenvalue weighted by Gasteiger charge is -2.12. The van der Waals surface area contributed by atoms with Gasteiger partial charge in [0.1, 0.15) is 12.4 Å². The van der Waals surface area contributed by atoms with Crippen LogP contribution in [0.3, 0.4) is 0 Å². The number of imidazole rings is 1. The van der Waals surface area contributed by atoms with Gasteiger partial charge in [0, 0.05) is 24.9 Å². The molecule has 0 aliphatic heterocycles. The maximum atomic E-state index is 5.81. The van der Waals surface area contributed by atoms with E-state index in [9.17, 15) is 0 Å². The molecular formula is C15H21N3O2. The molecule has 0 saturated heterocycles. The third-order valence-electron chi connectivity index (χ3n) is 2.97. The van der Waals surface area contributed by atoms with E-state index >= 15 is 0 Å². The predicted octanol–water partition coefficient (Wildman–Crippen LogP) is 1.86. The van der Waals surface area contributed by atoms with Gasteiger partial charge in [0.15, 0.2) is 11.5 Å². The number of ether oxygens (including phenoxy) is 2. The van der Waals surface area contributed by atoms with Crippen LogP contribution >= 0.6 is 0 Å². The Kier molecular flexibility index (Phi) is 5.01. The van der Waals surface area contributed by atoms with Crippen LogP contribution in [-0.4, -0.2) is 29.3 Å². The zero-order chi connectivity index (χ0) is 14.4. The first-order chi connectivity index (χ1) is 9.70. The Hall–Kier alpha value is -2.01. The average Bonchev–Trinajstić information content (AvgIpc) is 2.86. The normalized spacial score (nSPS) is 12.2. The summed E-state index contributed by atoms with van der Waals surface area (Å²) >= 11 is 0. The van der Waals surface area contributed by atoms with Gasteiger partial charge in [-0.1, -0.05) is 12.1 Å². The van der Waals surface area contributed by atoms with Crippen LogP contribution < -0.4 is 15.2 Å². The van der Waals surface area contributed by atoms with Crippen LogP contribution in [0.15, 0.2) is 36.7 Å². The first-order valence-electron chi connectivity index (χ1n) is 6.72. The molecule has 2 rings (SSSR count). The smallest absolute Gasteiger partial charge is 0.161 e. The summed E-state index contributed by atoms with van der Waals surface area (Å²) in [4.78, 5) is 4.32. The topological polar surface area (TPSA) is 62.3 Å². The maximum absolute atomic E-state index is 5.81. The molecule has 1 atom stereocenters. The molecule has 0 spiro atoms. The van der Waals surface area contributed by atoms with E-state index in [0.29, 0.717) is 6.61 Å². The Bertz CT molecular complexity index is 537. The molecule has 2 N–H and O–H groups in total. The average molecular weight is 275 g/mol. The Morgan fingerprint density at radius 1 is 1.30 bits per heavy atom. The van der Waals surface area contributed by atoms with Crippen LogP contribution in [0, 0.1) is 0 Å². The summed E-state index contributed by atoms with van der Waals surface area (Å²) in [5.74, 6) is 2.49. The summed E-state index contributed by atoms with van der Waals surface area (Å²) in [6.07, 6.45) is 4.51. The van der Waals surface area contributed by atoms with E-state index in [2.05, 4.69) is 9.55 Å². The van der Waals surface area contributed by atoms with Gasteiger partial charge in [-0.3, -0.25) is 0 Å². The highest BCUT2D eigenvalue weighted by Crippen LogP contribution is 2.25. The molecule has 1 unspecified atom stereocenters. The zero-order valence-corrected chi connectivity index (χ0v) is 12.0. The van der Waals surface area contributed by atoms with Crippen LogP contribution in [0.5, 0.6) is 11.5 Å². The molecule has 0 aliphatic rings. The van der Waals surface area contributed by atoms with Crippen molar-refractivity contribution in [2.75, 3.05) is 13.7 Å². The van der Waals surface area contributed by atoms with Crippen LogP contribution in [0.4, 0.5) is 0 Å². The molecule has 0 radical (unpaired) electrons. The molecule has 2 aromatic rings. The fourth-order valence-electron chi connectivity index (χ4n) is 2.01. The van der Waals surface area contributed by atoms with Crippen molar-refractivity contribution in [3.8, 4) is 11.5 Å². The third kappa shape index (κ3) is 3.74. The Balaban J connectivity index is 1.91. The van der Waals surface area contributed by atoms with E-state index in [1.165, 1.54) is 0 Å². The number of methoxy groups -OCH3 is 1. The van der Waals surface area contributed by atoms with Gasteiger partial charge in [0.25, 0.3) is 0 Å². The summed E-state index contributed by atoms with van der Waals surface area (Å²) in [5, 5.41) is 0. The van der Waals surface area contributed by atoms with Gasteiger partial charge in [-0.2, -0.15) is 0 Å². The van der Waals surface area contributed by atoms with Gasteiger partial charge in [0.2, 0.25) is 0 Å². The minimum absolute atomic E-state index is 0.103. The van der Waals surface area contributed by atoms with Gasteiger partial charge in [-0.05, 0) is 19.1 Å². The molecule has 1 aromatic heterocycles. The van der Waals surface area contributed by atoms with E-state index in [0.717, 1.165) is 30.3 Å². The predicted molar refractivity (Wildman–Crippen MR) is 78.1 cm³/mol. The number of hydrogen-bond acceptors (Lipinski definition) is 4. The SMILES string of the molecule is COc1ccccc1OCCn1ccnc1CC(C)N. The first-order valence-corrected chi connectivity index (χ1v) is 6.72. The number of aromatic nitrogens is 2. The Morgan fingerprint density at radius 2 is 2.05 bits per heavy atom.